The second kappa shape index (κ2) is 11.9. The van der Waals surface area contributed by atoms with Gasteiger partial charge in [0, 0.05) is 48.0 Å². The molecule has 0 spiro atoms. The fraction of sp³-hybridized carbons (Fsp3) is 0.333. The van der Waals surface area contributed by atoms with Gasteiger partial charge in [0.05, 0.1) is 13.2 Å². The molecular weight excluding hydrogens is 502 g/mol. The van der Waals surface area contributed by atoms with Crippen LogP contribution in [0.25, 0.3) is 10.9 Å². The maximum Gasteiger partial charge on any atom is 0.271 e. The van der Waals surface area contributed by atoms with E-state index in [9.17, 15) is 4.79 Å². The van der Waals surface area contributed by atoms with E-state index in [1.165, 1.54) is 0 Å². The third-order valence-corrected chi connectivity index (χ3v) is 7.18. The Morgan fingerprint density at radius 3 is 2.66 bits per heavy atom. The third-order valence-electron chi connectivity index (χ3n) is 6.94. The molecule has 198 valence electrons. The monoisotopic (exact) mass is 533 g/mol. The maximum absolute atomic E-state index is 13.9. The number of aromatic nitrogens is 2. The van der Waals surface area contributed by atoms with Gasteiger partial charge in [-0.1, -0.05) is 17.7 Å². The summed E-state index contributed by atoms with van der Waals surface area (Å²) in [6.07, 6.45) is 6.80. The number of H-pyrrole nitrogens is 1. The van der Waals surface area contributed by atoms with Crippen LogP contribution in [0.1, 0.15) is 46.4 Å². The van der Waals surface area contributed by atoms with Crippen LogP contribution in [0.5, 0.6) is 11.5 Å². The molecule has 8 heteroatoms. The molecule has 1 aliphatic rings. The van der Waals surface area contributed by atoms with Gasteiger partial charge in [-0.05, 0) is 85.3 Å². The van der Waals surface area contributed by atoms with Crippen molar-refractivity contribution in [1.82, 2.24) is 14.9 Å². The van der Waals surface area contributed by atoms with Crippen molar-refractivity contribution in [3.8, 4) is 11.5 Å². The lowest BCUT2D eigenvalue weighted by Gasteiger charge is -2.25. The van der Waals surface area contributed by atoms with Gasteiger partial charge < -0.3 is 24.1 Å². The average molecular weight is 534 g/mol. The molecule has 0 saturated carbocycles. The minimum Gasteiger partial charge on any atom is -0.493 e. The molecule has 2 aromatic heterocycles. The highest BCUT2D eigenvalue weighted by Crippen LogP contribution is 2.31. The minimum atomic E-state index is -0.0967. The fourth-order valence-corrected chi connectivity index (χ4v) is 5.03. The fourth-order valence-electron chi connectivity index (χ4n) is 4.85. The van der Waals surface area contributed by atoms with Crippen molar-refractivity contribution in [1.29, 1.82) is 0 Å². The number of aryl methyl sites for hydroxylation is 1. The lowest BCUT2D eigenvalue weighted by Crippen LogP contribution is -2.31. The number of amides is 1. The highest BCUT2D eigenvalue weighted by molar-refractivity contribution is 6.31. The van der Waals surface area contributed by atoms with Crippen molar-refractivity contribution in [3.63, 3.8) is 0 Å². The number of rotatable bonds is 9. The summed E-state index contributed by atoms with van der Waals surface area (Å²) in [5.74, 6) is 1.20. The van der Waals surface area contributed by atoms with Crippen LogP contribution in [-0.2, 0) is 17.8 Å². The van der Waals surface area contributed by atoms with Crippen molar-refractivity contribution in [2.75, 3.05) is 20.3 Å². The summed E-state index contributed by atoms with van der Waals surface area (Å²) in [7, 11) is 1.63. The summed E-state index contributed by atoms with van der Waals surface area (Å²) in [5, 5.41) is 1.58. The Morgan fingerprint density at radius 1 is 1.08 bits per heavy atom. The van der Waals surface area contributed by atoms with Gasteiger partial charge in [0.2, 0.25) is 0 Å². The van der Waals surface area contributed by atoms with E-state index in [4.69, 9.17) is 25.8 Å². The Kier molecular flexibility index (Phi) is 8.15. The molecule has 1 unspecified atom stereocenters. The SMILES string of the molecule is COc1ccc(CN(Cc2ccncc2)C(=O)c2[nH]c3ccc(Cl)cc3c2C)cc1OCC1CCCCO1. The predicted octanol–water partition coefficient (Wildman–Crippen LogP) is 6.32. The number of methoxy groups -OCH3 is 1. The molecule has 3 heterocycles. The largest absolute Gasteiger partial charge is 0.493 e. The normalized spacial score (nSPS) is 15.4. The topological polar surface area (TPSA) is 76.7 Å². The van der Waals surface area contributed by atoms with E-state index in [0.29, 0.717) is 41.9 Å². The number of nitrogens with zero attached hydrogens (tertiary/aromatic N) is 2. The Balaban J connectivity index is 1.42. The number of hydrogen-bond donors (Lipinski definition) is 1. The van der Waals surface area contributed by atoms with Gasteiger partial charge in [-0.15, -0.1) is 0 Å². The summed E-state index contributed by atoms with van der Waals surface area (Å²) in [5.41, 5.74) is 4.23. The molecule has 38 heavy (non-hydrogen) atoms. The molecule has 0 radical (unpaired) electrons. The van der Waals surface area contributed by atoms with Crippen LogP contribution in [0.2, 0.25) is 5.02 Å². The number of aromatic amines is 1. The second-order valence-corrected chi connectivity index (χ2v) is 10.1. The number of pyridine rings is 1. The number of carbonyl (C=O) groups is 1. The lowest BCUT2D eigenvalue weighted by atomic mass is 10.1. The van der Waals surface area contributed by atoms with Crippen LogP contribution in [0.3, 0.4) is 0 Å². The first kappa shape index (κ1) is 26.1. The Morgan fingerprint density at radius 2 is 1.89 bits per heavy atom. The number of ether oxygens (including phenoxy) is 3. The van der Waals surface area contributed by atoms with Crippen molar-refractivity contribution in [2.24, 2.45) is 0 Å². The first-order valence-electron chi connectivity index (χ1n) is 12.9. The predicted molar refractivity (Wildman–Crippen MR) is 148 cm³/mol. The number of nitrogens with one attached hydrogen (secondary N) is 1. The smallest absolute Gasteiger partial charge is 0.271 e. The van der Waals surface area contributed by atoms with Crippen LogP contribution in [0, 0.1) is 6.92 Å². The molecule has 0 bridgehead atoms. The molecule has 1 amide bonds. The first-order chi connectivity index (χ1) is 18.5. The molecule has 1 fully saturated rings. The van der Waals surface area contributed by atoms with Crippen LogP contribution >= 0.6 is 11.6 Å². The number of benzene rings is 2. The van der Waals surface area contributed by atoms with E-state index in [2.05, 4.69) is 9.97 Å². The Hall–Kier alpha value is -3.55. The number of carbonyl (C=O) groups excluding carboxylic acids is 1. The van der Waals surface area contributed by atoms with Crippen LogP contribution in [-0.4, -0.2) is 47.2 Å². The zero-order chi connectivity index (χ0) is 26.5. The average Bonchev–Trinajstić information content (AvgIpc) is 3.27. The lowest BCUT2D eigenvalue weighted by molar-refractivity contribution is -0.0115. The molecule has 1 aliphatic heterocycles. The Bertz CT molecular complexity index is 1400. The maximum atomic E-state index is 13.9. The Labute approximate surface area is 227 Å². The summed E-state index contributed by atoms with van der Waals surface area (Å²) in [6, 6.07) is 15.3. The van der Waals surface area contributed by atoms with Gasteiger partial charge in [0.25, 0.3) is 5.91 Å². The number of hydrogen-bond acceptors (Lipinski definition) is 5. The number of fused-ring (bicyclic) bond motifs is 1. The van der Waals surface area contributed by atoms with Gasteiger partial charge >= 0.3 is 0 Å². The first-order valence-corrected chi connectivity index (χ1v) is 13.3. The zero-order valence-corrected chi connectivity index (χ0v) is 22.5. The summed E-state index contributed by atoms with van der Waals surface area (Å²) in [6.45, 7) is 4.00. The van der Waals surface area contributed by atoms with E-state index in [-0.39, 0.29) is 12.0 Å². The van der Waals surface area contributed by atoms with Gasteiger partial charge in [0.1, 0.15) is 12.3 Å². The van der Waals surface area contributed by atoms with Gasteiger partial charge in [0.15, 0.2) is 11.5 Å². The van der Waals surface area contributed by atoms with Crippen LogP contribution < -0.4 is 9.47 Å². The van der Waals surface area contributed by atoms with Gasteiger partial charge in [-0.3, -0.25) is 9.78 Å². The molecule has 1 N–H and O–H groups in total. The van der Waals surface area contributed by atoms with Gasteiger partial charge in [-0.2, -0.15) is 0 Å². The highest BCUT2D eigenvalue weighted by Gasteiger charge is 2.23. The number of halogens is 1. The second-order valence-electron chi connectivity index (χ2n) is 9.62. The van der Waals surface area contributed by atoms with Crippen LogP contribution in [0.15, 0.2) is 60.9 Å². The summed E-state index contributed by atoms with van der Waals surface area (Å²) >= 11 is 6.23. The molecule has 5 rings (SSSR count). The quantitative estimate of drug-likeness (QED) is 0.272. The zero-order valence-electron chi connectivity index (χ0n) is 21.7. The van der Waals surface area contributed by atoms with E-state index < -0.39 is 0 Å². The molecule has 0 aliphatic carbocycles. The standard InChI is InChI=1S/C30H32ClN3O4/c1-20-25-16-23(31)7-8-26(25)33-29(20)30(35)34(17-21-10-12-32-13-11-21)18-22-6-9-27(36-2)28(15-22)38-19-24-5-3-4-14-37-24/h6-13,15-16,24,33H,3-5,14,17-19H2,1-2H3. The molecule has 2 aromatic carbocycles. The van der Waals surface area contributed by atoms with Crippen molar-refractivity contribution in [2.45, 2.75) is 45.4 Å². The molecule has 7 nitrogen and oxygen atoms in total. The highest BCUT2D eigenvalue weighted by atomic mass is 35.5. The van der Waals surface area contributed by atoms with E-state index in [1.54, 1.807) is 19.5 Å². The van der Waals surface area contributed by atoms with Crippen LogP contribution in [0.4, 0.5) is 0 Å². The molecule has 4 aromatic rings. The van der Waals surface area contributed by atoms with E-state index >= 15 is 0 Å². The van der Waals surface area contributed by atoms with E-state index in [0.717, 1.165) is 53.5 Å². The van der Waals surface area contributed by atoms with Gasteiger partial charge in [-0.25, -0.2) is 0 Å². The molecule has 1 saturated heterocycles. The molecular formula is C30H32ClN3O4. The van der Waals surface area contributed by atoms with E-state index in [1.807, 2.05) is 60.4 Å². The molecule has 1 atom stereocenters. The minimum absolute atomic E-state index is 0.0837. The van der Waals surface area contributed by atoms with Crippen molar-refractivity contribution < 1.29 is 19.0 Å². The third kappa shape index (κ3) is 5.95. The summed E-state index contributed by atoms with van der Waals surface area (Å²) in [4.78, 5) is 23.2. The van der Waals surface area contributed by atoms with Crippen molar-refractivity contribution >= 4 is 28.4 Å². The van der Waals surface area contributed by atoms with Crippen molar-refractivity contribution in [3.05, 3.63) is 88.3 Å². The summed E-state index contributed by atoms with van der Waals surface area (Å²) < 4.78 is 17.5.